The van der Waals surface area contributed by atoms with E-state index in [1.165, 1.54) is 6.33 Å². The Labute approximate surface area is 150 Å². The summed E-state index contributed by atoms with van der Waals surface area (Å²) in [6.07, 6.45) is 2.99. The van der Waals surface area contributed by atoms with Crippen LogP contribution in [0.15, 0.2) is 72.4 Å². The van der Waals surface area contributed by atoms with Crippen molar-refractivity contribution < 1.29 is 9.63 Å². The summed E-state index contributed by atoms with van der Waals surface area (Å²) in [4.78, 5) is 21.6. The highest BCUT2D eigenvalue weighted by atomic mass is 16.6. The number of oxime groups is 1. The van der Waals surface area contributed by atoms with Crippen molar-refractivity contribution in [2.45, 2.75) is 19.1 Å². The molecule has 1 aliphatic rings. The molecule has 0 aliphatic carbocycles. The summed E-state index contributed by atoms with van der Waals surface area (Å²) in [7, 11) is 0. The van der Waals surface area contributed by atoms with Gasteiger partial charge in [-0.1, -0.05) is 47.6 Å². The number of benzene rings is 2. The standard InChI is InChI=1S/C19H17N5O2/c25-19(18-10-17(23-26-18)15-6-2-1-3-7-15)21-11-14-5-4-8-16(9-14)24-13-20-12-22-24/h1-9,12-13,18H,10-11H2,(H,21,25). The van der Waals surface area contributed by atoms with E-state index in [9.17, 15) is 4.79 Å². The molecule has 1 aromatic heterocycles. The predicted octanol–water partition coefficient (Wildman–Crippen LogP) is 2.08. The zero-order valence-corrected chi connectivity index (χ0v) is 13.9. The molecule has 2 aromatic carbocycles. The van der Waals surface area contributed by atoms with Crippen LogP contribution in [0.25, 0.3) is 5.69 Å². The van der Waals surface area contributed by atoms with Crippen molar-refractivity contribution in [1.29, 1.82) is 0 Å². The van der Waals surface area contributed by atoms with Gasteiger partial charge in [0, 0.05) is 13.0 Å². The van der Waals surface area contributed by atoms with Crippen LogP contribution in [-0.2, 0) is 16.2 Å². The Morgan fingerprint density at radius 2 is 2.08 bits per heavy atom. The molecule has 0 saturated carbocycles. The molecule has 3 aromatic rings. The average molecular weight is 347 g/mol. The van der Waals surface area contributed by atoms with Crippen LogP contribution in [0.2, 0.25) is 0 Å². The quantitative estimate of drug-likeness (QED) is 0.766. The van der Waals surface area contributed by atoms with Gasteiger partial charge in [0.1, 0.15) is 12.7 Å². The second kappa shape index (κ2) is 7.18. The first-order chi connectivity index (χ1) is 12.8. The van der Waals surface area contributed by atoms with Gasteiger partial charge >= 0.3 is 0 Å². The topological polar surface area (TPSA) is 81.4 Å². The highest BCUT2D eigenvalue weighted by molar-refractivity contribution is 6.04. The van der Waals surface area contributed by atoms with Crippen LogP contribution in [0.3, 0.4) is 0 Å². The van der Waals surface area contributed by atoms with E-state index in [4.69, 9.17) is 4.84 Å². The molecular formula is C19H17N5O2. The van der Waals surface area contributed by atoms with Crippen LogP contribution in [-0.4, -0.2) is 32.5 Å². The lowest BCUT2D eigenvalue weighted by molar-refractivity contribution is -0.131. The lowest BCUT2D eigenvalue weighted by Crippen LogP contribution is -2.34. The van der Waals surface area contributed by atoms with Crippen molar-refractivity contribution in [3.8, 4) is 5.69 Å². The number of hydrogen-bond acceptors (Lipinski definition) is 5. The van der Waals surface area contributed by atoms with Crippen molar-refractivity contribution in [2.24, 2.45) is 5.16 Å². The highest BCUT2D eigenvalue weighted by Gasteiger charge is 2.28. The molecule has 1 N–H and O–H groups in total. The smallest absolute Gasteiger partial charge is 0.264 e. The fraction of sp³-hybridized carbons (Fsp3) is 0.158. The monoisotopic (exact) mass is 347 g/mol. The zero-order chi connectivity index (χ0) is 17.8. The fourth-order valence-electron chi connectivity index (χ4n) is 2.77. The maximum Gasteiger partial charge on any atom is 0.264 e. The molecule has 1 unspecified atom stereocenters. The Kier molecular flexibility index (Phi) is 4.42. The molecule has 1 amide bonds. The Hall–Kier alpha value is -3.48. The van der Waals surface area contributed by atoms with E-state index in [1.54, 1.807) is 11.0 Å². The van der Waals surface area contributed by atoms with Crippen LogP contribution in [0.5, 0.6) is 0 Å². The molecule has 4 rings (SSSR count). The van der Waals surface area contributed by atoms with Crippen molar-refractivity contribution in [2.75, 3.05) is 0 Å². The Morgan fingerprint density at radius 3 is 2.88 bits per heavy atom. The molecule has 0 saturated heterocycles. The lowest BCUT2D eigenvalue weighted by Gasteiger charge is -2.10. The molecule has 130 valence electrons. The van der Waals surface area contributed by atoms with Gasteiger partial charge in [-0.25, -0.2) is 9.67 Å². The minimum Gasteiger partial charge on any atom is -0.382 e. The molecule has 0 radical (unpaired) electrons. The van der Waals surface area contributed by atoms with Gasteiger partial charge in [0.2, 0.25) is 6.10 Å². The number of aromatic nitrogens is 3. The predicted molar refractivity (Wildman–Crippen MR) is 95.7 cm³/mol. The summed E-state index contributed by atoms with van der Waals surface area (Å²) in [5, 5.41) is 11.1. The molecular weight excluding hydrogens is 330 g/mol. The first kappa shape index (κ1) is 16.0. The number of amides is 1. The Balaban J connectivity index is 1.35. The van der Waals surface area contributed by atoms with Crippen molar-refractivity contribution in [1.82, 2.24) is 20.1 Å². The number of carbonyl (C=O) groups excluding carboxylic acids is 1. The summed E-state index contributed by atoms with van der Waals surface area (Å²) in [6.45, 7) is 0.405. The fourth-order valence-corrected chi connectivity index (χ4v) is 2.77. The number of rotatable bonds is 5. The molecule has 7 nitrogen and oxygen atoms in total. The van der Waals surface area contributed by atoms with Crippen LogP contribution in [0.4, 0.5) is 0 Å². The minimum atomic E-state index is -0.594. The Morgan fingerprint density at radius 1 is 1.19 bits per heavy atom. The first-order valence-electron chi connectivity index (χ1n) is 8.29. The van der Waals surface area contributed by atoms with E-state index >= 15 is 0 Å². The minimum absolute atomic E-state index is 0.175. The van der Waals surface area contributed by atoms with E-state index in [-0.39, 0.29) is 5.91 Å². The molecule has 2 heterocycles. The number of nitrogens with one attached hydrogen (secondary N) is 1. The molecule has 1 aliphatic heterocycles. The van der Waals surface area contributed by atoms with Gasteiger partial charge in [0.05, 0.1) is 11.4 Å². The molecule has 0 fully saturated rings. The number of hydrogen-bond donors (Lipinski definition) is 1. The second-order valence-electron chi connectivity index (χ2n) is 5.93. The van der Waals surface area contributed by atoms with Gasteiger partial charge in [0.25, 0.3) is 5.91 Å². The van der Waals surface area contributed by atoms with Crippen LogP contribution < -0.4 is 5.32 Å². The van der Waals surface area contributed by atoms with Gasteiger partial charge in [-0.15, -0.1) is 0 Å². The van der Waals surface area contributed by atoms with Gasteiger partial charge < -0.3 is 10.2 Å². The van der Waals surface area contributed by atoms with E-state index < -0.39 is 6.10 Å². The maximum absolute atomic E-state index is 12.4. The molecule has 7 heteroatoms. The number of carbonyl (C=O) groups is 1. The summed E-state index contributed by atoms with van der Waals surface area (Å²) >= 11 is 0. The third-order valence-corrected chi connectivity index (χ3v) is 4.13. The molecule has 0 bridgehead atoms. The molecule has 26 heavy (non-hydrogen) atoms. The normalized spacial score (nSPS) is 16.0. The second-order valence-corrected chi connectivity index (χ2v) is 5.93. The first-order valence-corrected chi connectivity index (χ1v) is 8.29. The summed E-state index contributed by atoms with van der Waals surface area (Å²) in [5.41, 5.74) is 3.62. The van der Waals surface area contributed by atoms with E-state index in [1.807, 2.05) is 54.6 Å². The molecule has 0 spiro atoms. The van der Waals surface area contributed by atoms with E-state index in [0.29, 0.717) is 13.0 Å². The zero-order valence-electron chi connectivity index (χ0n) is 13.9. The van der Waals surface area contributed by atoms with Crippen LogP contribution in [0, 0.1) is 0 Å². The summed E-state index contributed by atoms with van der Waals surface area (Å²) in [6, 6.07) is 17.5. The third kappa shape index (κ3) is 3.46. The Bertz CT molecular complexity index is 922. The third-order valence-electron chi connectivity index (χ3n) is 4.13. The van der Waals surface area contributed by atoms with Crippen molar-refractivity contribution in [3.63, 3.8) is 0 Å². The van der Waals surface area contributed by atoms with Gasteiger partial charge in [-0.05, 0) is 23.3 Å². The average Bonchev–Trinajstić information content (AvgIpc) is 3.39. The van der Waals surface area contributed by atoms with Crippen LogP contribution in [0.1, 0.15) is 17.5 Å². The van der Waals surface area contributed by atoms with Crippen LogP contribution >= 0.6 is 0 Å². The number of nitrogens with zero attached hydrogens (tertiary/aromatic N) is 4. The van der Waals surface area contributed by atoms with Crippen molar-refractivity contribution in [3.05, 3.63) is 78.4 Å². The molecule has 1 atom stereocenters. The SMILES string of the molecule is O=C(NCc1cccc(-n2cncn2)c1)C1CC(c2ccccc2)=NO1. The van der Waals surface area contributed by atoms with Crippen molar-refractivity contribution >= 4 is 11.6 Å². The van der Waals surface area contributed by atoms with E-state index in [2.05, 4.69) is 20.6 Å². The highest BCUT2D eigenvalue weighted by Crippen LogP contribution is 2.17. The van der Waals surface area contributed by atoms with Gasteiger partial charge in [-0.2, -0.15) is 5.10 Å². The van der Waals surface area contributed by atoms with E-state index in [0.717, 1.165) is 22.5 Å². The maximum atomic E-state index is 12.4. The lowest BCUT2D eigenvalue weighted by atomic mass is 10.0. The summed E-state index contributed by atoms with van der Waals surface area (Å²) < 4.78 is 1.67. The largest absolute Gasteiger partial charge is 0.382 e. The van der Waals surface area contributed by atoms with Gasteiger partial charge in [0.15, 0.2) is 0 Å². The van der Waals surface area contributed by atoms with Gasteiger partial charge in [-0.3, -0.25) is 4.79 Å². The summed E-state index contributed by atoms with van der Waals surface area (Å²) in [5.74, 6) is -0.175.